The molecule has 0 aliphatic rings. The molecule has 0 heterocycles. The Morgan fingerprint density at radius 3 is 0.825 bits per heavy atom. The van der Waals surface area contributed by atoms with Gasteiger partial charge in [-0.15, -0.1) is 0 Å². The van der Waals surface area contributed by atoms with Crippen LogP contribution in [0.5, 0.6) is 0 Å². The van der Waals surface area contributed by atoms with Crippen LogP contribution < -0.4 is 0 Å². The van der Waals surface area contributed by atoms with Crippen molar-refractivity contribution >= 4 is 17.9 Å². The predicted octanol–water partition coefficient (Wildman–Crippen LogP) is 18.3. The number of hydrogen-bond acceptors (Lipinski definition) is 6. The molecule has 0 aliphatic heterocycles. The summed E-state index contributed by atoms with van der Waals surface area (Å²) in [6.45, 7) is 13.8. The molecule has 0 saturated carbocycles. The predicted molar refractivity (Wildman–Crippen MR) is 270 cm³/mol. The van der Waals surface area contributed by atoms with Gasteiger partial charge >= 0.3 is 17.9 Å². The molecule has 0 aromatic rings. The van der Waals surface area contributed by atoms with E-state index in [-0.39, 0.29) is 31.1 Å². The molecule has 6 nitrogen and oxygen atoms in total. The largest absolute Gasteiger partial charge is 0.462 e. The first-order valence-electron chi connectivity index (χ1n) is 28.1. The van der Waals surface area contributed by atoms with Gasteiger partial charge in [-0.05, 0) is 37.0 Å². The lowest BCUT2D eigenvalue weighted by Gasteiger charge is -2.18. The number of hydrogen-bond donors (Lipinski definition) is 0. The molecule has 0 aliphatic carbocycles. The first kappa shape index (κ1) is 61.4. The van der Waals surface area contributed by atoms with E-state index in [1.807, 2.05) is 0 Å². The van der Waals surface area contributed by atoms with Crippen LogP contribution in [0.15, 0.2) is 0 Å². The Morgan fingerprint density at radius 2 is 0.556 bits per heavy atom. The fraction of sp³-hybridized carbons (Fsp3) is 0.947. The molecule has 0 aromatic carbocycles. The normalized spacial score (nSPS) is 12.6. The third kappa shape index (κ3) is 49.7. The zero-order valence-corrected chi connectivity index (χ0v) is 43.4. The van der Waals surface area contributed by atoms with E-state index >= 15 is 0 Å². The first-order valence-corrected chi connectivity index (χ1v) is 28.1. The van der Waals surface area contributed by atoms with Gasteiger partial charge in [0.05, 0.1) is 0 Å². The van der Waals surface area contributed by atoms with Gasteiger partial charge in [-0.1, -0.05) is 273 Å². The maximum atomic E-state index is 12.8. The molecule has 374 valence electrons. The third-order valence-electron chi connectivity index (χ3n) is 13.3. The van der Waals surface area contributed by atoms with Gasteiger partial charge in [0.25, 0.3) is 0 Å². The van der Waals surface area contributed by atoms with E-state index in [0.29, 0.717) is 19.3 Å². The number of unbranched alkanes of at least 4 members (excludes halogenated alkanes) is 32. The average Bonchev–Trinajstić information content (AvgIpc) is 3.25. The van der Waals surface area contributed by atoms with Gasteiger partial charge in [-0.2, -0.15) is 0 Å². The summed E-state index contributed by atoms with van der Waals surface area (Å²) in [5.41, 5.74) is 0. The highest BCUT2D eigenvalue weighted by Gasteiger charge is 2.19. The summed E-state index contributed by atoms with van der Waals surface area (Å²) in [7, 11) is 0. The fourth-order valence-corrected chi connectivity index (χ4v) is 8.61. The van der Waals surface area contributed by atoms with E-state index in [1.54, 1.807) is 0 Å². The van der Waals surface area contributed by atoms with Gasteiger partial charge < -0.3 is 14.2 Å². The van der Waals surface area contributed by atoms with Crippen LogP contribution in [0.2, 0.25) is 0 Å². The minimum atomic E-state index is -0.763. The summed E-state index contributed by atoms with van der Waals surface area (Å²) in [6.07, 6.45) is 49.4. The monoisotopic (exact) mass is 891 g/mol. The minimum Gasteiger partial charge on any atom is -0.462 e. The van der Waals surface area contributed by atoms with E-state index in [2.05, 4.69) is 41.5 Å². The summed E-state index contributed by atoms with van der Waals surface area (Å²) in [6, 6.07) is 0. The standard InChI is InChI=1S/C57H110O6/c1-7-53(6)45-39-33-27-21-14-10-8-9-11-15-22-28-34-40-46-55(58)61-49-54(63-57(60)48-42-36-30-24-18-17-20-26-32-38-44-52(4)5)50-62-56(59)47-41-35-29-23-16-12-13-19-25-31-37-43-51(2)3/h51-54H,7-50H2,1-6H3/t53?,54-/m0/s1. The molecular weight excluding hydrogens is 781 g/mol. The maximum Gasteiger partial charge on any atom is 0.306 e. The quantitative estimate of drug-likeness (QED) is 0.0344. The van der Waals surface area contributed by atoms with Crippen LogP contribution in [0.1, 0.15) is 311 Å². The zero-order chi connectivity index (χ0) is 46.3. The van der Waals surface area contributed by atoms with Crippen molar-refractivity contribution in [2.24, 2.45) is 17.8 Å². The van der Waals surface area contributed by atoms with Gasteiger partial charge in [0.15, 0.2) is 6.10 Å². The Labute approximate surface area is 393 Å². The van der Waals surface area contributed by atoms with Crippen LogP contribution in [0.4, 0.5) is 0 Å². The van der Waals surface area contributed by atoms with Crippen LogP contribution in [0.25, 0.3) is 0 Å². The van der Waals surface area contributed by atoms with Crippen molar-refractivity contribution in [1.82, 2.24) is 0 Å². The number of carbonyl (C=O) groups is 3. The molecule has 6 heteroatoms. The first-order chi connectivity index (χ1) is 30.6. The summed E-state index contributed by atoms with van der Waals surface area (Å²) in [4.78, 5) is 38.1. The second kappa shape index (κ2) is 48.3. The Hall–Kier alpha value is -1.59. The molecule has 0 radical (unpaired) electrons. The van der Waals surface area contributed by atoms with Crippen molar-refractivity contribution in [3.8, 4) is 0 Å². The van der Waals surface area contributed by atoms with Crippen LogP contribution in [-0.2, 0) is 28.6 Å². The van der Waals surface area contributed by atoms with Crippen LogP contribution in [0, 0.1) is 17.8 Å². The van der Waals surface area contributed by atoms with Gasteiger partial charge in [-0.3, -0.25) is 14.4 Å². The van der Waals surface area contributed by atoms with Gasteiger partial charge in [0, 0.05) is 19.3 Å². The smallest absolute Gasteiger partial charge is 0.306 e. The lowest BCUT2D eigenvalue weighted by atomic mass is 9.99. The third-order valence-corrected chi connectivity index (χ3v) is 13.3. The summed E-state index contributed by atoms with van der Waals surface area (Å²) in [5.74, 6) is 1.69. The summed E-state index contributed by atoms with van der Waals surface area (Å²) >= 11 is 0. The highest BCUT2D eigenvalue weighted by molar-refractivity contribution is 5.71. The lowest BCUT2D eigenvalue weighted by Crippen LogP contribution is -2.30. The van der Waals surface area contributed by atoms with Gasteiger partial charge in [0.2, 0.25) is 0 Å². The fourth-order valence-electron chi connectivity index (χ4n) is 8.61. The number of esters is 3. The van der Waals surface area contributed by atoms with E-state index in [4.69, 9.17) is 14.2 Å². The zero-order valence-electron chi connectivity index (χ0n) is 43.4. The van der Waals surface area contributed by atoms with Crippen molar-refractivity contribution in [2.75, 3.05) is 13.2 Å². The lowest BCUT2D eigenvalue weighted by molar-refractivity contribution is -0.167. The van der Waals surface area contributed by atoms with Crippen LogP contribution in [-0.4, -0.2) is 37.2 Å². The summed E-state index contributed by atoms with van der Waals surface area (Å²) in [5, 5.41) is 0. The van der Waals surface area contributed by atoms with Gasteiger partial charge in [0.1, 0.15) is 13.2 Å². The topological polar surface area (TPSA) is 78.9 Å². The van der Waals surface area contributed by atoms with Crippen molar-refractivity contribution in [1.29, 1.82) is 0 Å². The van der Waals surface area contributed by atoms with Gasteiger partial charge in [-0.25, -0.2) is 0 Å². The van der Waals surface area contributed by atoms with Crippen LogP contribution in [0.3, 0.4) is 0 Å². The SMILES string of the molecule is CCC(C)CCCCCCCCCCCCCCCCC(=O)OC[C@@H](COC(=O)CCCCCCCCCCCCCC(C)C)OC(=O)CCCCCCCCCCCCC(C)C. The second-order valence-electron chi connectivity index (χ2n) is 20.8. The molecule has 63 heavy (non-hydrogen) atoms. The van der Waals surface area contributed by atoms with E-state index in [0.717, 1.165) is 75.5 Å². The number of rotatable bonds is 50. The average molecular weight is 892 g/mol. The Morgan fingerprint density at radius 1 is 0.317 bits per heavy atom. The van der Waals surface area contributed by atoms with Crippen molar-refractivity contribution in [2.45, 2.75) is 317 Å². The highest BCUT2D eigenvalue weighted by Crippen LogP contribution is 2.19. The minimum absolute atomic E-state index is 0.0640. The van der Waals surface area contributed by atoms with E-state index < -0.39 is 6.10 Å². The Kier molecular flexibility index (Phi) is 47.1. The summed E-state index contributed by atoms with van der Waals surface area (Å²) < 4.78 is 16.9. The molecule has 0 N–H and O–H groups in total. The van der Waals surface area contributed by atoms with E-state index in [1.165, 1.54) is 193 Å². The van der Waals surface area contributed by atoms with Crippen LogP contribution >= 0.6 is 0 Å². The molecular formula is C57H110O6. The Balaban J connectivity index is 4.29. The molecule has 0 spiro atoms. The maximum absolute atomic E-state index is 12.8. The molecule has 0 bridgehead atoms. The molecule has 0 saturated heterocycles. The Bertz CT molecular complexity index is 978. The van der Waals surface area contributed by atoms with Crippen molar-refractivity contribution in [3.05, 3.63) is 0 Å². The number of ether oxygens (including phenoxy) is 3. The number of carbonyl (C=O) groups excluding carboxylic acids is 3. The molecule has 0 amide bonds. The second-order valence-corrected chi connectivity index (χ2v) is 20.8. The highest BCUT2D eigenvalue weighted by atomic mass is 16.6. The molecule has 0 fully saturated rings. The van der Waals surface area contributed by atoms with E-state index in [9.17, 15) is 14.4 Å². The molecule has 1 unspecified atom stereocenters. The molecule has 0 aromatic heterocycles. The van der Waals surface area contributed by atoms with Crippen molar-refractivity contribution < 1.29 is 28.6 Å². The molecule has 0 rings (SSSR count). The molecule has 2 atom stereocenters. The van der Waals surface area contributed by atoms with Crippen molar-refractivity contribution in [3.63, 3.8) is 0 Å².